The predicted molar refractivity (Wildman–Crippen MR) is 75.1 cm³/mol. The van der Waals surface area contributed by atoms with Gasteiger partial charge in [0.1, 0.15) is 9.96 Å². The highest BCUT2D eigenvalue weighted by atomic mass is 32.2. The number of hydrogen-bond acceptors (Lipinski definition) is 5. The molecule has 0 unspecified atom stereocenters. The lowest BCUT2D eigenvalue weighted by Gasteiger charge is -2.07. The molecule has 0 saturated carbocycles. The zero-order chi connectivity index (χ0) is 14.6. The average Bonchev–Trinajstić information content (AvgIpc) is 3.00. The number of rotatable bonds is 5. The van der Waals surface area contributed by atoms with E-state index in [2.05, 4.69) is 5.43 Å². The van der Waals surface area contributed by atoms with Crippen LogP contribution in [0.4, 0.5) is 0 Å². The summed E-state index contributed by atoms with van der Waals surface area (Å²) in [5, 5.41) is 1.64. The minimum atomic E-state index is -3.72. The molecule has 0 bridgehead atoms. The highest BCUT2D eigenvalue weighted by Crippen LogP contribution is 2.15. The molecule has 2 rings (SSSR count). The third-order valence-electron chi connectivity index (χ3n) is 2.41. The third kappa shape index (κ3) is 3.35. The van der Waals surface area contributed by atoms with E-state index in [1.54, 1.807) is 23.6 Å². The van der Waals surface area contributed by atoms with Crippen molar-refractivity contribution < 1.29 is 17.9 Å². The SMILES string of the molecule is COc1ccc(C(=O)NNS(=O)(=O)c2cccs2)cc1. The van der Waals surface area contributed by atoms with Gasteiger partial charge < -0.3 is 4.74 Å². The first kappa shape index (κ1) is 14.5. The van der Waals surface area contributed by atoms with Crippen molar-refractivity contribution in [3.05, 3.63) is 47.3 Å². The molecule has 0 saturated heterocycles. The van der Waals surface area contributed by atoms with E-state index in [0.29, 0.717) is 11.3 Å². The van der Waals surface area contributed by atoms with Crippen molar-refractivity contribution >= 4 is 27.3 Å². The van der Waals surface area contributed by atoms with Crippen LogP contribution in [0.25, 0.3) is 0 Å². The summed E-state index contributed by atoms with van der Waals surface area (Å²) in [7, 11) is -2.20. The monoisotopic (exact) mass is 312 g/mol. The number of benzene rings is 1. The van der Waals surface area contributed by atoms with Crippen LogP contribution in [0.15, 0.2) is 46.0 Å². The molecule has 0 fully saturated rings. The molecule has 106 valence electrons. The van der Waals surface area contributed by atoms with E-state index in [0.717, 1.165) is 11.3 Å². The molecule has 0 aliphatic rings. The summed E-state index contributed by atoms with van der Waals surface area (Å²) in [4.78, 5) is 13.8. The van der Waals surface area contributed by atoms with Gasteiger partial charge in [-0.05, 0) is 35.7 Å². The van der Waals surface area contributed by atoms with Gasteiger partial charge in [-0.2, -0.15) is 0 Å². The van der Waals surface area contributed by atoms with Crippen LogP contribution in [0.3, 0.4) is 0 Å². The molecular weight excluding hydrogens is 300 g/mol. The molecule has 8 heteroatoms. The molecule has 2 aromatic rings. The maximum absolute atomic E-state index is 11.8. The van der Waals surface area contributed by atoms with E-state index in [9.17, 15) is 13.2 Å². The molecule has 0 radical (unpaired) electrons. The van der Waals surface area contributed by atoms with Crippen LogP contribution in [0.5, 0.6) is 5.75 Å². The Bertz CT molecular complexity index is 679. The van der Waals surface area contributed by atoms with Crippen molar-refractivity contribution in [3.8, 4) is 5.75 Å². The normalized spacial score (nSPS) is 11.1. The Morgan fingerprint density at radius 3 is 2.45 bits per heavy atom. The topological polar surface area (TPSA) is 84.5 Å². The van der Waals surface area contributed by atoms with Gasteiger partial charge in [-0.15, -0.1) is 16.2 Å². The van der Waals surface area contributed by atoms with Gasteiger partial charge >= 0.3 is 0 Å². The molecular formula is C12H12N2O4S2. The van der Waals surface area contributed by atoms with Gasteiger partial charge in [-0.1, -0.05) is 6.07 Å². The molecule has 20 heavy (non-hydrogen) atoms. The highest BCUT2D eigenvalue weighted by Gasteiger charge is 2.16. The second-order valence-electron chi connectivity index (χ2n) is 3.72. The fraction of sp³-hybridized carbons (Fsp3) is 0.0833. The lowest BCUT2D eigenvalue weighted by atomic mass is 10.2. The standard InChI is InChI=1S/C12H12N2O4S2/c1-18-10-6-4-9(5-7-10)12(15)13-14-20(16,17)11-3-2-8-19-11/h2-8,14H,1H3,(H,13,15). The molecule has 0 spiro atoms. The summed E-state index contributed by atoms with van der Waals surface area (Å²) < 4.78 is 28.7. The largest absolute Gasteiger partial charge is 0.497 e. The summed E-state index contributed by atoms with van der Waals surface area (Å²) in [6, 6.07) is 9.36. The van der Waals surface area contributed by atoms with Crippen molar-refractivity contribution in [1.29, 1.82) is 0 Å². The number of hydrogen-bond donors (Lipinski definition) is 2. The minimum absolute atomic E-state index is 0.132. The van der Waals surface area contributed by atoms with Crippen molar-refractivity contribution in [2.45, 2.75) is 4.21 Å². The number of carbonyl (C=O) groups is 1. The Kier molecular flexibility index (Phi) is 4.38. The molecule has 1 aromatic heterocycles. The van der Waals surface area contributed by atoms with Crippen LogP contribution in [-0.2, 0) is 10.0 Å². The smallest absolute Gasteiger partial charge is 0.266 e. The van der Waals surface area contributed by atoms with Crippen LogP contribution >= 0.6 is 11.3 Å². The number of hydrazine groups is 1. The van der Waals surface area contributed by atoms with E-state index in [1.807, 2.05) is 4.83 Å². The molecule has 6 nitrogen and oxygen atoms in total. The maximum atomic E-state index is 11.8. The van der Waals surface area contributed by atoms with Crippen LogP contribution in [0.2, 0.25) is 0 Å². The molecule has 0 aliphatic carbocycles. The first-order valence-corrected chi connectivity index (χ1v) is 7.89. The first-order valence-electron chi connectivity index (χ1n) is 5.52. The second kappa shape index (κ2) is 6.04. The summed E-state index contributed by atoms with van der Waals surface area (Å²) in [5.74, 6) is 0.0634. The lowest BCUT2D eigenvalue weighted by Crippen LogP contribution is -2.41. The molecule has 0 atom stereocenters. The zero-order valence-corrected chi connectivity index (χ0v) is 12.1. The molecule has 1 amide bonds. The van der Waals surface area contributed by atoms with Gasteiger partial charge in [0.15, 0.2) is 0 Å². The quantitative estimate of drug-likeness (QED) is 0.817. The summed E-state index contributed by atoms with van der Waals surface area (Å²) >= 11 is 1.06. The predicted octanol–water partition coefficient (Wildman–Crippen LogP) is 1.38. The zero-order valence-electron chi connectivity index (χ0n) is 10.5. The number of nitrogens with one attached hydrogen (secondary N) is 2. The third-order valence-corrected chi connectivity index (χ3v) is 5.06. The van der Waals surface area contributed by atoms with Crippen molar-refractivity contribution in [3.63, 3.8) is 0 Å². The van der Waals surface area contributed by atoms with Crippen LogP contribution in [0.1, 0.15) is 10.4 Å². The number of sulfonamides is 1. The summed E-state index contributed by atoms with van der Waals surface area (Å²) in [6.45, 7) is 0. The minimum Gasteiger partial charge on any atom is -0.497 e. The van der Waals surface area contributed by atoms with E-state index >= 15 is 0 Å². The number of methoxy groups -OCH3 is 1. The first-order chi connectivity index (χ1) is 9.53. The van der Waals surface area contributed by atoms with Crippen molar-refractivity contribution in [2.75, 3.05) is 7.11 Å². The van der Waals surface area contributed by atoms with E-state index in [-0.39, 0.29) is 4.21 Å². The molecule has 1 aromatic carbocycles. The average molecular weight is 312 g/mol. The number of carbonyl (C=O) groups excluding carboxylic acids is 1. The number of thiophene rings is 1. The van der Waals surface area contributed by atoms with Gasteiger partial charge in [-0.25, -0.2) is 8.42 Å². The summed E-state index contributed by atoms with van der Waals surface area (Å²) in [6.07, 6.45) is 0. The van der Waals surface area contributed by atoms with Crippen LogP contribution < -0.4 is 15.0 Å². The number of ether oxygens (including phenoxy) is 1. The molecule has 1 heterocycles. The van der Waals surface area contributed by atoms with Gasteiger partial charge in [-0.3, -0.25) is 10.2 Å². The van der Waals surface area contributed by atoms with E-state index < -0.39 is 15.9 Å². The number of amides is 1. The van der Waals surface area contributed by atoms with E-state index in [4.69, 9.17) is 4.74 Å². The Morgan fingerprint density at radius 2 is 1.90 bits per heavy atom. The molecule has 2 N–H and O–H groups in total. The van der Waals surface area contributed by atoms with Gasteiger partial charge in [0, 0.05) is 5.56 Å². The Hall–Kier alpha value is -1.90. The van der Waals surface area contributed by atoms with Gasteiger partial charge in [0.05, 0.1) is 7.11 Å². The van der Waals surface area contributed by atoms with Crippen molar-refractivity contribution in [1.82, 2.24) is 10.3 Å². The van der Waals surface area contributed by atoms with E-state index in [1.165, 1.54) is 25.3 Å². The summed E-state index contributed by atoms with van der Waals surface area (Å²) in [5.41, 5.74) is 2.47. The van der Waals surface area contributed by atoms with Gasteiger partial charge in [0.2, 0.25) is 0 Å². The highest BCUT2D eigenvalue weighted by molar-refractivity contribution is 7.91. The molecule has 0 aliphatic heterocycles. The fourth-order valence-electron chi connectivity index (χ4n) is 1.39. The van der Waals surface area contributed by atoms with Crippen LogP contribution in [0, 0.1) is 0 Å². The Balaban J connectivity index is 2.01. The lowest BCUT2D eigenvalue weighted by molar-refractivity contribution is 0.0945. The van der Waals surface area contributed by atoms with Crippen LogP contribution in [-0.4, -0.2) is 21.4 Å². The fourth-order valence-corrected chi connectivity index (χ4v) is 3.23. The van der Waals surface area contributed by atoms with Crippen molar-refractivity contribution in [2.24, 2.45) is 0 Å². The Morgan fingerprint density at radius 1 is 1.20 bits per heavy atom. The Labute approximate surface area is 120 Å². The second-order valence-corrected chi connectivity index (χ2v) is 6.58. The maximum Gasteiger partial charge on any atom is 0.266 e. The van der Waals surface area contributed by atoms with Gasteiger partial charge in [0.25, 0.3) is 15.9 Å².